The number of aromatic nitrogens is 1. The maximum atomic E-state index is 13.5. The predicted molar refractivity (Wildman–Crippen MR) is 123 cm³/mol. The van der Waals surface area contributed by atoms with E-state index >= 15 is 0 Å². The lowest BCUT2D eigenvalue weighted by atomic mass is 10.1. The van der Waals surface area contributed by atoms with Crippen LogP contribution in [0.25, 0.3) is 17.0 Å². The quantitative estimate of drug-likeness (QED) is 0.214. The van der Waals surface area contributed by atoms with Gasteiger partial charge in [0.2, 0.25) is 0 Å². The van der Waals surface area contributed by atoms with Crippen LogP contribution in [0.2, 0.25) is 0 Å². The molecule has 174 valence electrons. The Hall–Kier alpha value is -3.59. The number of carbonyl (C=O) groups excluding carboxylic acids is 2. The average Bonchev–Trinajstić information content (AvgIpc) is 3.08. The fourth-order valence-corrected chi connectivity index (χ4v) is 5.06. The predicted octanol–water partition coefficient (Wildman–Crippen LogP) is 3.70. The van der Waals surface area contributed by atoms with Crippen LogP contribution in [-0.2, 0) is 29.1 Å². The van der Waals surface area contributed by atoms with Crippen molar-refractivity contribution < 1.29 is 32.2 Å². The molecule has 33 heavy (non-hydrogen) atoms. The third kappa shape index (κ3) is 4.63. The minimum atomic E-state index is -3.98. The Kier molecular flexibility index (Phi) is 7.23. The summed E-state index contributed by atoms with van der Waals surface area (Å²) in [5, 5.41) is 0.484. The van der Waals surface area contributed by atoms with Crippen molar-refractivity contribution in [2.75, 3.05) is 20.3 Å². The van der Waals surface area contributed by atoms with Crippen LogP contribution in [0.15, 0.2) is 59.0 Å². The van der Waals surface area contributed by atoms with Crippen molar-refractivity contribution in [2.24, 2.45) is 0 Å². The molecule has 0 N–H and O–H groups in total. The largest absolute Gasteiger partial charge is 0.497 e. The lowest BCUT2D eigenvalue weighted by molar-refractivity contribution is -0.146. The molecule has 1 aromatic heterocycles. The molecule has 0 saturated heterocycles. The van der Waals surface area contributed by atoms with Crippen LogP contribution in [0, 0.1) is 6.92 Å². The first-order chi connectivity index (χ1) is 15.8. The molecule has 3 rings (SSSR count). The first-order valence-corrected chi connectivity index (χ1v) is 11.8. The second kappa shape index (κ2) is 9.91. The molecule has 0 fully saturated rings. The Morgan fingerprint density at radius 2 is 1.58 bits per heavy atom. The van der Waals surface area contributed by atoms with E-state index in [4.69, 9.17) is 14.2 Å². The molecule has 0 radical (unpaired) electrons. The van der Waals surface area contributed by atoms with E-state index in [0.717, 1.165) is 0 Å². The summed E-state index contributed by atoms with van der Waals surface area (Å²) in [7, 11) is -2.49. The zero-order chi connectivity index (χ0) is 24.2. The zero-order valence-corrected chi connectivity index (χ0v) is 19.6. The molecular weight excluding hydrogens is 446 g/mol. The van der Waals surface area contributed by atoms with Crippen LogP contribution in [0.1, 0.15) is 25.1 Å². The molecule has 0 spiro atoms. The Morgan fingerprint density at radius 3 is 2.12 bits per heavy atom. The van der Waals surface area contributed by atoms with E-state index in [2.05, 4.69) is 0 Å². The second-order valence-corrected chi connectivity index (χ2v) is 8.75. The highest BCUT2D eigenvalue weighted by Crippen LogP contribution is 2.34. The summed E-state index contributed by atoms with van der Waals surface area (Å²) < 4.78 is 43.6. The first kappa shape index (κ1) is 24.1. The maximum absolute atomic E-state index is 13.5. The van der Waals surface area contributed by atoms with Gasteiger partial charge in [-0.05, 0) is 57.2 Å². The van der Waals surface area contributed by atoms with Gasteiger partial charge in [0.15, 0.2) is 0 Å². The topological polar surface area (TPSA) is 101 Å². The van der Waals surface area contributed by atoms with Crippen LogP contribution in [-0.4, -0.2) is 44.7 Å². The van der Waals surface area contributed by atoms with E-state index in [0.29, 0.717) is 27.9 Å². The van der Waals surface area contributed by atoms with Gasteiger partial charge in [-0.25, -0.2) is 22.0 Å². The molecule has 0 saturated carbocycles. The number of hydrogen-bond acceptors (Lipinski definition) is 7. The fourth-order valence-electron chi connectivity index (χ4n) is 3.47. The molecule has 1 heterocycles. The van der Waals surface area contributed by atoms with Gasteiger partial charge < -0.3 is 14.2 Å². The van der Waals surface area contributed by atoms with Crippen molar-refractivity contribution in [3.63, 3.8) is 0 Å². The molecule has 0 aliphatic carbocycles. The minimum absolute atomic E-state index is 0.0620. The van der Waals surface area contributed by atoms with Gasteiger partial charge >= 0.3 is 11.9 Å². The van der Waals surface area contributed by atoms with Gasteiger partial charge in [0.05, 0.1) is 30.7 Å². The van der Waals surface area contributed by atoms with Gasteiger partial charge in [0, 0.05) is 16.6 Å². The molecule has 0 atom stereocenters. The minimum Gasteiger partial charge on any atom is -0.497 e. The Labute approximate surface area is 192 Å². The maximum Gasteiger partial charge on any atom is 0.345 e. The number of methoxy groups -OCH3 is 1. The van der Waals surface area contributed by atoms with Crippen LogP contribution in [0.4, 0.5) is 0 Å². The molecule has 0 aliphatic heterocycles. The van der Waals surface area contributed by atoms with Gasteiger partial charge in [-0.1, -0.05) is 18.2 Å². The number of fused-ring (bicyclic) bond motifs is 1. The molecule has 3 aromatic rings. The van der Waals surface area contributed by atoms with E-state index in [-0.39, 0.29) is 23.7 Å². The van der Waals surface area contributed by atoms with Crippen LogP contribution in [0.3, 0.4) is 0 Å². The van der Waals surface area contributed by atoms with Crippen molar-refractivity contribution in [1.82, 2.24) is 3.97 Å². The number of ether oxygens (including phenoxy) is 3. The highest BCUT2D eigenvalue weighted by atomic mass is 32.2. The molecule has 0 amide bonds. The number of carbonyl (C=O) groups is 2. The van der Waals surface area contributed by atoms with Crippen LogP contribution < -0.4 is 4.74 Å². The van der Waals surface area contributed by atoms with Crippen LogP contribution >= 0.6 is 0 Å². The molecule has 0 unspecified atom stereocenters. The number of benzene rings is 2. The summed E-state index contributed by atoms with van der Waals surface area (Å²) in [4.78, 5) is 25.1. The van der Waals surface area contributed by atoms with Crippen LogP contribution in [0.5, 0.6) is 5.75 Å². The standard InChI is InChI=1S/C24H25NO7S/c1-5-31-23(26)21(24(27)32-6-2)15-19-16(3)25(22-13-12-17(30-4)14-20(19)22)33(28,29)18-10-8-7-9-11-18/h7-15H,5-6H2,1-4H3. The summed E-state index contributed by atoms with van der Waals surface area (Å²) in [6.45, 7) is 4.97. The summed E-state index contributed by atoms with van der Waals surface area (Å²) in [5.41, 5.74) is 0.712. The highest BCUT2D eigenvalue weighted by Gasteiger charge is 2.27. The van der Waals surface area contributed by atoms with Crippen molar-refractivity contribution in [2.45, 2.75) is 25.7 Å². The summed E-state index contributed by atoms with van der Waals surface area (Å²) in [6.07, 6.45) is 1.31. The number of esters is 2. The number of nitrogens with zero attached hydrogens (tertiary/aromatic N) is 1. The molecule has 9 heteroatoms. The van der Waals surface area contributed by atoms with E-state index in [9.17, 15) is 18.0 Å². The average molecular weight is 472 g/mol. The SMILES string of the molecule is CCOC(=O)C(=Cc1c(C)n(S(=O)(=O)c2ccccc2)c2ccc(OC)cc12)C(=O)OCC. The third-order valence-corrected chi connectivity index (χ3v) is 6.79. The lowest BCUT2D eigenvalue weighted by Crippen LogP contribution is -2.18. The van der Waals surface area contributed by atoms with Crippen molar-refractivity contribution >= 4 is 38.9 Å². The second-order valence-electron chi connectivity index (χ2n) is 6.96. The van der Waals surface area contributed by atoms with Gasteiger partial charge in [0.1, 0.15) is 11.3 Å². The lowest BCUT2D eigenvalue weighted by Gasteiger charge is -2.10. The van der Waals surface area contributed by atoms with Crippen molar-refractivity contribution in [3.05, 3.63) is 65.4 Å². The van der Waals surface area contributed by atoms with Gasteiger partial charge in [0.25, 0.3) is 10.0 Å². The summed E-state index contributed by atoms with van der Waals surface area (Å²) in [6, 6.07) is 12.9. The Bertz CT molecular complexity index is 1300. The monoisotopic (exact) mass is 471 g/mol. The number of rotatable bonds is 8. The molecule has 0 bridgehead atoms. The van der Waals surface area contributed by atoms with E-state index in [1.165, 1.54) is 29.3 Å². The van der Waals surface area contributed by atoms with E-state index < -0.39 is 22.0 Å². The number of hydrogen-bond donors (Lipinski definition) is 0. The van der Waals surface area contributed by atoms with E-state index in [1.807, 2.05) is 0 Å². The molecule has 0 aliphatic rings. The van der Waals surface area contributed by atoms with E-state index in [1.54, 1.807) is 57.2 Å². The van der Waals surface area contributed by atoms with Crippen molar-refractivity contribution in [3.8, 4) is 5.75 Å². The van der Waals surface area contributed by atoms with Gasteiger partial charge in [-0.15, -0.1) is 0 Å². The Morgan fingerprint density at radius 1 is 0.970 bits per heavy atom. The molecule has 8 nitrogen and oxygen atoms in total. The molecule has 2 aromatic carbocycles. The first-order valence-electron chi connectivity index (χ1n) is 10.3. The summed E-state index contributed by atoms with van der Waals surface area (Å²) >= 11 is 0. The normalized spacial score (nSPS) is 11.2. The highest BCUT2D eigenvalue weighted by molar-refractivity contribution is 7.90. The van der Waals surface area contributed by atoms with Gasteiger partial charge in [-0.2, -0.15) is 0 Å². The molecular formula is C24H25NO7S. The fraction of sp³-hybridized carbons (Fsp3) is 0.250. The smallest absolute Gasteiger partial charge is 0.345 e. The zero-order valence-electron chi connectivity index (χ0n) is 18.8. The summed E-state index contributed by atoms with van der Waals surface area (Å²) in [5.74, 6) is -1.23. The van der Waals surface area contributed by atoms with Crippen molar-refractivity contribution in [1.29, 1.82) is 0 Å². The third-order valence-electron chi connectivity index (χ3n) is 4.97. The van der Waals surface area contributed by atoms with Gasteiger partial charge in [-0.3, -0.25) is 0 Å². The Balaban J connectivity index is 2.36.